The number of aliphatic hydroxyl groups is 1. The molecule has 0 saturated heterocycles. The molecule has 0 aliphatic rings. The summed E-state index contributed by atoms with van der Waals surface area (Å²) in [5, 5.41) is 11.1. The molecule has 0 aliphatic heterocycles. The molecular formula is C19H21ClN2O2. The number of halogens is 1. The minimum absolute atomic E-state index is 0.494. The predicted molar refractivity (Wildman–Crippen MR) is 96.5 cm³/mol. The molecule has 1 N–H and O–H groups in total. The maximum absolute atomic E-state index is 10.4. The highest BCUT2D eigenvalue weighted by atomic mass is 35.5. The normalized spacial score (nSPS) is 12.5. The van der Waals surface area contributed by atoms with Gasteiger partial charge < -0.3 is 14.4 Å². The maximum Gasteiger partial charge on any atom is 0.138 e. The fraction of sp³-hybridized carbons (Fsp3) is 0.316. The van der Waals surface area contributed by atoms with Gasteiger partial charge in [0.25, 0.3) is 0 Å². The molecular weight excluding hydrogens is 324 g/mol. The van der Waals surface area contributed by atoms with Crippen LogP contribution >= 0.6 is 11.6 Å². The standard InChI is InChI=1S/C19H21ClN2O2/c1-2-5-18(23)19-21-16-6-3-4-7-17(16)22(19)12-13-24-15-10-8-14(20)9-11-15/h3-4,6-11,18,23H,2,5,12-13H2,1H3/t18-/m1/s1. The summed E-state index contributed by atoms with van der Waals surface area (Å²) >= 11 is 5.88. The van der Waals surface area contributed by atoms with Crippen LogP contribution in [0.5, 0.6) is 5.75 Å². The van der Waals surface area contributed by atoms with Gasteiger partial charge >= 0.3 is 0 Å². The van der Waals surface area contributed by atoms with Gasteiger partial charge in [-0.1, -0.05) is 37.1 Å². The van der Waals surface area contributed by atoms with Gasteiger partial charge in [-0.3, -0.25) is 0 Å². The van der Waals surface area contributed by atoms with Crippen molar-refractivity contribution in [3.63, 3.8) is 0 Å². The fourth-order valence-electron chi connectivity index (χ4n) is 2.77. The minimum atomic E-state index is -0.557. The fourth-order valence-corrected chi connectivity index (χ4v) is 2.90. The summed E-state index contributed by atoms with van der Waals surface area (Å²) in [5.41, 5.74) is 1.91. The largest absolute Gasteiger partial charge is 0.492 e. The molecule has 0 saturated carbocycles. The summed E-state index contributed by atoms with van der Waals surface area (Å²) < 4.78 is 7.84. The quantitative estimate of drug-likeness (QED) is 0.681. The van der Waals surface area contributed by atoms with Gasteiger partial charge in [0, 0.05) is 5.02 Å². The van der Waals surface area contributed by atoms with E-state index in [1.54, 1.807) is 12.1 Å². The molecule has 24 heavy (non-hydrogen) atoms. The SMILES string of the molecule is CCC[C@@H](O)c1nc2ccccc2n1CCOc1ccc(Cl)cc1. The summed E-state index contributed by atoms with van der Waals surface area (Å²) in [6.07, 6.45) is 1.05. The Bertz CT molecular complexity index is 799. The van der Waals surface area contributed by atoms with Gasteiger partial charge in [-0.2, -0.15) is 0 Å². The lowest BCUT2D eigenvalue weighted by Gasteiger charge is -2.14. The lowest BCUT2D eigenvalue weighted by atomic mass is 10.2. The van der Waals surface area contributed by atoms with Crippen LogP contribution in [-0.2, 0) is 6.54 Å². The molecule has 0 spiro atoms. The highest BCUT2D eigenvalue weighted by molar-refractivity contribution is 6.30. The van der Waals surface area contributed by atoms with Crippen molar-refractivity contribution in [2.24, 2.45) is 0 Å². The number of hydrogen-bond donors (Lipinski definition) is 1. The Labute approximate surface area is 146 Å². The van der Waals surface area contributed by atoms with Gasteiger partial charge in [0.05, 0.1) is 17.6 Å². The molecule has 0 bridgehead atoms. The van der Waals surface area contributed by atoms with Crippen molar-refractivity contribution in [2.75, 3.05) is 6.61 Å². The van der Waals surface area contributed by atoms with E-state index in [1.807, 2.05) is 41.0 Å². The van der Waals surface area contributed by atoms with E-state index in [1.165, 1.54) is 0 Å². The van der Waals surface area contributed by atoms with Crippen LogP contribution in [0.2, 0.25) is 5.02 Å². The van der Waals surface area contributed by atoms with Crippen molar-refractivity contribution < 1.29 is 9.84 Å². The molecule has 5 heteroatoms. The summed E-state index contributed by atoms with van der Waals surface area (Å²) in [5.74, 6) is 1.48. The number of imidazole rings is 1. The van der Waals surface area contributed by atoms with Crippen LogP contribution in [-0.4, -0.2) is 21.3 Å². The van der Waals surface area contributed by atoms with Crippen molar-refractivity contribution in [2.45, 2.75) is 32.4 Å². The van der Waals surface area contributed by atoms with E-state index in [-0.39, 0.29) is 0 Å². The number of ether oxygens (including phenoxy) is 1. The maximum atomic E-state index is 10.4. The van der Waals surface area contributed by atoms with E-state index in [4.69, 9.17) is 16.3 Å². The van der Waals surface area contributed by atoms with E-state index in [0.717, 1.165) is 23.2 Å². The first-order chi connectivity index (χ1) is 11.7. The third-order valence-corrected chi connectivity index (χ3v) is 4.19. The average Bonchev–Trinajstić information content (AvgIpc) is 2.96. The lowest BCUT2D eigenvalue weighted by molar-refractivity contribution is 0.151. The number of hydrogen-bond acceptors (Lipinski definition) is 3. The van der Waals surface area contributed by atoms with E-state index in [9.17, 15) is 5.11 Å². The lowest BCUT2D eigenvalue weighted by Crippen LogP contribution is -2.14. The second-order valence-electron chi connectivity index (χ2n) is 5.72. The zero-order chi connectivity index (χ0) is 16.9. The Hall–Kier alpha value is -2.04. The molecule has 0 unspecified atom stereocenters. The summed E-state index contributed by atoms with van der Waals surface area (Å²) in [7, 11) is 0. The van der Waals surface area contributed by atoms with Crippen LogP contribution < -0.4 is 4.74 Å². The van der Waals surface area contributed by atoms with Crippen molar-refractivity contribution >= 4 is 22.6 Å². The van der Waals surface area contributed by atoms with Crippen molar-refractivity contribution in [1.29, 1.82) is 0 Å². The number of para-hydroxylation sites is 2. The van der Waals surface area contributed by atoms with Gasteiger partial charge in [-0.05, 0) is 42.8 Å². The van der Waals surface area contributed by atoms with Crippen LogP contribution in [0.15, 0.2) is 48.5 Å². The van der Waals surface area contributed by atoms with Gasteiger partial charge in [0.15, 0.2) is 0 Å². The number of nitrogens with zero attached hydrogens (tertiary/aromatic N) is 2. The Morgan fingerprint density at radius 1 is 1.17 bits per heavy atom. The van der Waals surface area contributed by atoms with E-state index in [2.05, 4.69) is 11.9 Å². The highest BCUT2D eigenvalue weighted by Gasteiger charge is 2.17. The van der Waals surface area contributed by atoms with Crippen LogP contribution in [0.3, 0.4) is 0 Å². The summed E-state index contributed by atoms with van der Waals surface area (Å²) in [6, 6.07) is 15.2. The Morgan fingerprint density at radius 3 is 2.67 bits per heavy atom. The van der Waals surface area contributed by atoms with Gasteiger partial charge in [0.2, 0.25) is 0 Å². The molecule has 1 aromatic heterocycles. The number of aromatic nitrogens is 2. The number of rotatable bonds is 7. The molecule has 3 rings (SSSR count). The van der Waals surface area contributed by atoms with Crippen molar-refractivity contribution in [3.05, 3.63) is 59.4 Å². The first-order valence-corrected chi connectivity index (χ1v) is 8.58. The molecule has 4 nitrogen and oxygen atoms in total. The third kappa shape index (κ3) is 3.71. The van der Waals surface area contributed by atoms with Crippen molar-refractivity contribution in [1.82, 2.24) is 9.55 Å². The second-order valence-corrected chi connectivity index (χ2v) is 6.15. The molecule has 3 aromatic rings. The molecule has 2 aromatic carbocycles. The number of aliphatic hydroxyl groups excluding tert-OH is 1. The van der Waals surface area contributed by atoms with E-state index in [0.29, 0.717) is 30.4 Å². The Balaban J connectivity index is 1.79. The van der Waals surface area contributed by atoms with Crippen LogP contribution in [0.1, 0.15) is 31.7 Å². The van der Waals surface area contributed by atoms with Crippen LogP contribution in [0, 0.1) is 0 Å². The Morgan fingerprint density at radius 2 is 1.92 bits per heavy atom. The molecule has 0 fully saturated rings. The minimum Gasteiger partial charge on any atom is -0.492 e. The van der Waals surface area contributed by atoms with E-state index >= 15 is 0 Å². The summed E-state index contributed by atoms with van der Waals surface area (Å²) in [6.45, 7) is 3.17. The number of fused-ring (bicyclic) bond motifs is 1. The third-order valence-electron chi connectivity index (χ3n) is 3.94. The Kier molecular flexibility index (Phi) is 5.38. The monoisotopic (exact) mass is 344 g/mol. The van der Waals surface area contributed by atoms with Gasteiger partial charge in [0.1, 0.15) is 24.3 Å². The molecule has 0 aliphatic carbocycles. The zero-order valence-electron chi connectivity index (χ0n) is 13.7. The molecule has 126 valence electrons. The smallest absolute Gasteiger partial charge is 0.138 e. The first kappa shape index (κ1) is 16.8. The van der Waals surface area contributed by atoms with E-state index < -0.39 is 6.10 Å². The molecule has 0 radical (unpaired) electrons. The van der Waals surface area contributed by atoms with Gasteiger partial charge in [-0.15, -0.1) is 0 Å². The zero-order valence-corrected chi connectivity index (χ0v) is 14.4. The van der Waals surface area contributed by atoms with Gasteiger partial charge in [-0.25, -0.2) is 4.98 Å². The number of benzene rings is 2. The summed E-state index contributed by atoms with van der Waals surface area (Å²) in [4.78, 5) is 4.61. The predicted octanol–water partition coefficient (Wildman–Crippen LogP) is 4.60. The molecule has 1 heterocycles. The highest BCUT2D eigenvalue weighted by Crippen LogP contribution is 2.24. The topological polar surface area (TPSA) is 47.3 Å². The van der Waals surface area contributed by atoms with Crippen LogP contribution in [0.25, 0.3) is 11.0 Å². The van der Waals surface area contributed by atoms with Crippen LogP contribution in [0.4, 0.5) is 0 Å². The first-order valence-electron chi connectivity index (χ1n) is 8.20. The second kappa shape index (κ2) is 7.69. The van der Waals surface area contributed by atoms with Crippen molar-refractivity contribution in [3.8, 4) is 5.75 Å². The average molecular weight is 345 g/mol. The molecule has 0 amide bonds. The molecule has 1 atom stereocenters.